The molecule has 1 aliphatic heterocycles. The van der Waals surface area contributed by atoms with Crippen LogP contribution < -0.4 is 10.2 Å². The zero-order chi connectivity index (χ0) is 17.1. The molecule has 2 aromatic carbocycles. The third-order valence-electron chi connectivity index (χ3n) is 4.96. The Labute approximate surface area is 146 Å². The van der Waals surface area contributed by atoms with Crippen LogP contribution in [0, 0.1) is 13.8 Å². The van der Waals surface area contributed by atoms with Crippen LogP contribution in [0.5, 0.6) is 0 Å². The summed E-state index contributed by atoms with van der Waals surface area (Å²) in [7, 11) is 4.18. The van der Waals surface area contributed by atoms with Crippen LogP contribution >= 0.6 is 0 Å². The number of nitrogens with one attached hydrogen (secondary N) is 1. The van der Waals surface area contributed by atoms with Gasteiger partial charge in [-0.3, -0.25) is 4.90 Å². The molecule has 24 heavy (non-hydrogen) atoms. The van der Waals surface area contributed by atoms with E-state index in [2.05, 4.69) is 85.5 Å². The number of piperazine rings is 1. The maximum Gasteiger partial charge on any atom is 0.0605 e. The van der Waals surface area contributed by atoms with Crippen LogP contribution in [-0.4, -0.2) is 45.2 Å². The Morgan fingerprint density at radius 2 is 1.62 bits per heavy atom. The van der Waals surface area contributed by atoms with Crippen LogP contribution in [0.25, 0.3) is 0 Å². The van der Waals surface area contributed by atoms with Crippen molar-refractivity contribution in [1.29, 1.82) is 0 Å². The molecule has 1 atom stereocenters. The number of rotatable bonds is 4. The Kier molecular flexibility index (Phi) is 5.22. The van der Waals surface area contributed by atoms with E-state index in [1.54, 1.807) is 0 Å². The smallest absolute Gasteiger partial charge is 0.0605 e. The molecule has 0 amide bonds. The number of aryl methyl sites for hydroxylation is 2. The number of hydrogen-bond donors (Lipinski definition) is 1. The van der Waals surface area contributed by atoms with Gasteiger partial charge in [-0.15, -0.1) is 0 Å². The molecule has 0 saturated carbocycles. The molecule has 1 fully saturated rings. The van der Waals surface area contributed by atoms with Crippen molar-refractivity contribution in [2.24, 2.45) is 0 Å². The summed E-state index contributed by atoms with van der Waals surface area (Å²) in [5, 5.41) is 3.47. The van der Waals surface area contributed by atoms with E-state index in [1.165, 1.54) is 27.9 Å². The molecule has 1 aliphatic rings. The molecule has 1 heterocycles. The standard InChI is InChI=1S/C21H29N3/c1-16-5-10-20(17(2)15-16)21(24-13-11-22-12-14-24)18-6-8-19(9-7-18)23(3)4/h5-10,15,21-22H,11-14H2,1-4H3. The summed E-state index contributed by atoms with van der Waals surface area (Å²) in [5.41, 5.74) is 6.78. The molecule has 2 aromatic rings. The fourth-order valence-electron chi connectivity index (χ4n) is 3.61. The molecular formula is C21H29N3. The van der Waals surface area contributed by atoms with E-state index in [1.807, 2.05) is 0 Å². The van der Waals surface area contributed by atoms with E-state index in [4.69, 9.17) is 0 Å². The Morgan fingerprint density at radius 1 is 0.958 bits per heavy atom. The minimum Gasteiger partial charge on any atom is -0.378 e. The van der Waals surface area contributed by atoms with Crippen molar-refractivity contribution in [1.82, 2.24) is 10.2 Å². The molecule has 0 radical (unpaired) electrons. The first-order chi connectivity index (χ1) is 11.6. The van der Waals surface area contributed by atoms with E-state index in [9.17, 15) is 0 Å². The third-order valence-corrected chi connectivity index (χ3v) is 4.96. The first-order valence-corrected chi connectivity index (χ1v) is 8.85. The van der Waals surface area contributed by atoms with Crippen molar-refractivity contribution in [3.63, 3.8) is 0 Å². The zero-order valence-corrected chi connectivity index (χ0v) is 15.3. The highest BCUT2D eigenvalue weighted by Gasteiger charge is 2.25. The van der Waals surface area contributed by atoms with Gasteiger partial charge < -0.3 is 10.2 Å². The predicted molar refractivity (Wildman–Crippen MR) is 103 cm³/mol. The molecule has 3 rings (SSSR count). The van der Waals surface area contributed by atoms with Gasteiger partial charge in [-0.05, 0) is 42.7 Å². The van der Waals surface area contributed by atoms with Crippen LogP contribution in [-0.2, 0) is 0 Å². The first kappa shape index (κ1) is 17.0. The van der Waals surface area contributed by atoms with Gasteiger partial charge in [-0.25, -0.2) is 0 Å². The van der Waals surface area contributed by atoms with Crippen molar-refractivity contribution in [3.05, 3.63) is 64.7 Å². The Morgan fingerprint density at radius 3 is 2.21 bits per heavy atom. The first-order valence-electron chi connectivity index (χ1n) is 8.85. The van der Waals surface area contributed by atoms with E-state index in [0.29, 0.717) is 6.04 Å². The van der Waals surface area contributed by atoms with Gasteiger partial charge in [0.1, 0.15) is 0 Å². The third kappa shape index (κ3) is 3.63. The van der Waals surface area contributed by atoms with Crippen LogP contribution in [0.4, 0.5) is 5.69 Å². The highest BCUT2D eigenvalue weighted by atomic mass is 15.2. The van der Waals surface area contributed by atoms with Crippen molar-refractivity contribution < 1.29 is 0 Å². The Balaban J connectivity index is 2.00. The molecule has 0 aromatic heterocycles. The lowest BCUT2D eigenvalue weighted by molar-refractivity contribution is 0.198. The predicted octanol–water partition coefficient (Wildman–Crippen LogP) is 3.36. The lowest BCUT2D eigenvalue weighted by Crippen LogP contribution is -2.45. The Hall–Kier alpha value is -1.84. The van der Waals surface area contributed by atoms with Crippen LogP contribution in [0.3, 0.4) is 0 Å². The minimum atomic E-state index is 0.337. The van der Waals surface area contributed by atoms with Gasteiger partial charge in [-0.2, -0.15) is 0 Å². The minimum absolute atomic E-state index is 0.337. The highest BCUT2D eigenvalue weighted by molar-refractivity contribution is 5.48. The maximum atomic E-state index is 3.47. The van der Waals surface area contributed by atoms with Gasteiger partial charge in [0.2, 0.25) is 0 Å². The van der Waals surface area contributed by atoms with E-state index < -0.39 is 0 Å². The second kappa shape index (κ2) is 7.37. The molecule has 3 nitrogen and oxygen atoms in total. The van der Waals surface area contributed by atoms with Crippen molar-refractivity contribution in [2.45, 2.75) is 19.9 Å². The normalized spacial score (nSPS) is 16.8. The summed E-state index contributed by atoms with van der Waals surface area (Å²) in [6.07, 6.45) is 0. The van der Waals surface area contributed by atoms with Crippen molar-refractivity contribution >= 4 is 5.69 Å². The van der Waals surface area contributed by atoms with Gasteiger partial charge in [-0.1, -0.05) is 35.9 Å². The fraction of sp³-hybridized carbons (Fsp3) is 0.429. The number of benzene rings is 2. The molecule has 3 heteroatoms. The van der Waals surface area contributed by atoms with Gasteiger partial charge in [0, 0.05) is 46.0 Å². The van der Waals surface area contributed by atoms with Crippen LogP contribution in [0.15, 0.2) is 42.5 Å². The van der Waals surface area contributed by atoms with Crippen molar-refractivity contribution in [3.8, 4) is 0 Å². The number of nitrogens with zero attached hydrogens (tertiary/aromatic N) is 2. The van der Waals surface area contributed by atoms with Crippen molar-refractivity contribution in [2.75, 3.05) is 45.2 Å². The van der Waals surface area contributed by atoms with Crippen LogP contribution in [0.2, 0.25) is 0 Å². The van der Waals surface area contributed by atoms with Gasteiger partial charge >= 0.3 is 0 Å². The summed E-state index contributed by atoms with van der Waals surface area (Å²) >= 11 is 0. The molecule has 1 unspecified atom stereocenters. The molecule has 1 saturated heterocycles. The second-order valence-electron chi connectivity index (χ2n) is 7.03. The molecule has 128 valence electrons. The molecule has 0 spiro atoms. The quantitative estimate of drug-likeness (QED) is 0.931. The summed E-state index contributed by atoms with van der Waals surface area (Å²) in [5.74, 6) is 0. The summed E-state index contributed by atoms with van der Waals surface area (Å²) in [4.78, 5) is 4.76. The molecule has 1 N–H and O–H groups in total. The summed E-state index contributed by atoms with van der Waals surface area (Å²) in [6.45, 7) is 8.73. The second-order valence-corrected chi connectivity index (χ2v) is 7.03. The average Bonchev–Trinajstić information content (AvgIpc) is 2.58. The van der Waals surface area contributed by atoms with Gasteiger partial charge in [0.05, 0.1) is 6.04 Å². The molecular weight excluding hydrogens is 294 g/mol. The number of hydrogen-bond acceptors (Lipinski definition) is 3. The largest absolute Gasteiger partial charge is 0.378 e. The fourth-order valence-corrected chi connectivity index (χ4v) is 3.61. The topological polar surface area (TPSA) is 18.5 Å². The molecule has 0 bridgehead atoms. The average molecular weight is 323 g/mol. The van der Waals surface area contributed by atoms with Crippen LogP contribution in [0.1, 0.15) is 28.3 Å². The van der Waals surface area contributed by atoms with E-state index in [-0.39, 0.29) is 0 Å². The van der Waals surface area contributed by atoms with E-state index >= 15 is 0 Å². The lowest BCUT2D eigenvalue weighted by Gasteiger charge is -2.36. The number of anilines is 1. The van der Waals surface area contributed by atoms with Gasteiger partial charge in [0.25, 0.3) is 0 Å². The Bertz CT molecular complexity index is 670. The highest BCUT2D eigenvalue weighted by Crippen LogP contribution is 2.32. The zero-order valence-electron chi connectivity index (χ0n) is 15.3. The summed E-state index contributed by atoms with van der Waals surface area (Å²) < 4.78 is 0. The maximum absolute atomic E-state index is 3.47. The molecule has 0 aliphatic carbocycles. The SMILES string of the molecule is Cc1ccc(C(c2ccc(N(C)C)cc2)N2CCNCC2)c(C)c1. The van der Waals surface area contributed by atoms with Gasteiger partial charge in [0.15, 0.2) is 0 Å². The monoisotopic (exact) mass is 323 g/mol. The van der Waals surface area contributed by atoms with E-state index in [0.717, 1.165) is 26.2 Å². The summed E-state index contributed by atoms with van der Waals surface area (Å²) in [6, 6.07) is 16.2. The lowest BCUT2D eigenvalue weighted by atomic mass is 9.92.